The Morgan fingerprint density at radius 3 is 2.25 bits per heavy atom. The summed E-state index contributed by atoms with van der Waals surface area (Å²) in [6.45, 7) is 11.8. The average Bonchev–Trinajstić information content (AvgIpc) is 2.66. The maximum absolute atomic E-state index is 12.7. The van der Waals surface area contributed by atoms with Crippen LogP contribution in [0.15, 0.2) is 0 Å². The van der Waals surface area contributed by atoms with E-state index in [-0.39, 0.29) is 11.9 Å². The number of hydrogen-bond donors (Lipinski definition) is 0. The van der Waals surface area contributed by atoms with Crippen molar-refractivity contribution in [3.05, 3.63) is 0 Å². The lowest BCUT2D eigenvalue weighted by Gasteiger charge is -2.45. The normalized spacial score (nSPS) is 33.0. The molecule has 1 heterocycles. The summed E-state index contributed by atoms with van der Waals surface area (Å²) < 4.78 is 16.6. The Balaban J connectivity index is 2.13. The third-order valence-electron chi connectivity index (χ3n) is 5.15. The van der Waals surface area contributed by atoms with E-state index in [4.69, 9.17) is 14.2 Å². The van der Waals surface area contributed by atoms with Gasteiger partial charge in [-0.2, -0.15) is 0 Å². The first-order chi connectivity index (χ1) is 10.7. The molecule has 2 aliphatic rings. The fourth-order valence-corrected chi connectivity index (χ4v) is 3.07. The monoisotopic (exact) mass is 340 g/mol. The highest BCUT2D eigenvalue weighted by Crippen LogP contribution is 2.50. The molecule has 6 nitrogen and oxygen atoms in total. The van der Waals surface area contributed by atoms with Gasteiger partial charge in [-0.3, -0.25) is 9.59 Å². The van der Waals surface area contributed by atoms with Crippen LogP contribution in [-0.4, -0.2) is 34.7 Å². The first kappa shape index (κ1) is 18.7. The van der Waals surface area contributed by atoms with Crippen molar-refractivity contribution in [3.8, 4) is 0 Å². The van der Waals surface area contributed by atoms with Crippen LogP contribution in [0, 0.1) is 11.3 Å². The third kappa shape index (κ3) is 3.15. The van der Waals surface area contributed by atoms with Gasteiger partial charge in [0, 0.05) is 6.42 Å². The first-order valence-electron chi connectivity index (χ1n) is 8.40. The van der Waals surface area contributed by atoms with Crippen LogP contribution in [0.25, 0.3) is 0 Å². The first-order valence-corrected chi connectivity index (χ1v) is 8.40. The zero-order chi connectivity index (χ0) is 18.6. The number of rotatable bonds is 3. The van der Waals surface area contributed by atoms with Gasteiger partial charge >= 0.3 is 17.9 Å². The van der Waals surface area contributed by atoms with Gasteiger partial charge in [0.2, 0.25) is 5.60 Å². The van der Waals surface area contributed by atoms with E-state index in [1.807, 2.05) is 0 Å². The average molecular weight is 340 g/mol. The van der Waals surface area contributed by atoms with E-state index in [1.165, 1.54) is 13.8 Å². The van der Waals surface area contributed by atoms with Crippen molar-refractivity contribution in [1.29, 1.82) is 0 Å². The van der Waals surface area contributed by atoms with Crippen molar-refractivity contribution in [2.45, 2.75) is 84.5 Å². The topological polar surface area (TPSA) is 78.9 Å². The molecule has 0 N–H and O–H groups in total. The molecule has 2 bridgehead atoms. The largest absolute Gasteiger partial charge is 0.455 e. The quantitative estimate of drug-likeness (QED) is 0.581. The van der Waals surface area contributed by atoms with Gasteiger partial charge in [-0.25, -0.2) is 4.79 Å². The van der Waals surface area contributed by atoms with Crippen molar-refractivity contribution in [3.63, 3.8) is 0 Å². The molecule has 0 radical (unpaired) electrons. The molecule has 1 aliphatic carbocycles. The predicted molar refractivity (Wildman–Crippen MR) is 86.0 cm³/mol. The van der Waals surface area contributed by atoms with Gasteiger partial charge in [-0.1, -0.05) is 0 Å². The lowest BCUT2D eigenvalue weighted by atomic mass is 9.71. The van der Waals surface area contributed by atoms with Gasteiger partial charge in [0.25, 0.3) is 0 Å². The second kappa shape index (κ2) is 5.46. The van der Waals surface area contributed by atoms with E-state index in [0.29, 0.717) is 19.3 Å². The van der Waals surface area contributed by atoms with Crippen molar-refractivity contribution in [2.24, 2.45) is 11.3 Å². The summed E-state index contributed by atoms with van der Waals surface area (Å²) in [4.78, 5) is 36.6. The summed E-state index contributed by atoms with van der Waals surface area (Å²) in [5.41, 5.74) is -3.90. The Kier molecular flexibility index (Phi) is 4.27. The van der Waals surface area contributed by atoms with E-state index in [0.717, 1.165) is 0 Å². The fourth-order valence-electron chi connectivity index (χ4n) is 3.07. The van der Waals surface area contributed by atoms with Crippen LogP contribution in [0.4, 0.5) is 0 Å². The molecule has 0 aromatic rings. The number of carbonyl (C=O) groups excluding carboxylic acids is 3. The fraction of sp³-hybridized carbons (Fsp3) is 0.833. The number of ether oxygens (including phenoxy) is 3. The highest BCUT2D eigenvalue weighted by molar-refractivity contribution is 5.85. The zero-order valence-corrected chi connectivity index (χ0v) is 15.6. The Morgan fingerprint density at radius 2 is 1.71 bits per heavy atom. The maximum atomic E-state index is 12.7. The SMILES string of the molecule is CC(C)(C)C(=O)OC(C)(C)C(=O)OC1(C)CCC2CC1(C)OC2=O. The minimum absolute atomic E-state index is 0.117. The molecule has 3 unspecified atom stereocenters. The molecular weight excluding hydrogens is 312 g/mol. The summed E-state index contributed by atoms with van der Waals surface area (Å²) in [6, 6.07) is 0. The van der Waals surface area contributed by atoms with E-state index in [2.05, 4.69) is 0 Å². The highest BCUT2D eigenvalue weighted by Gasteiger charge is 2.61. The number of carbonyl (C=O) groups is 3. The molecule has 6 heteroatoms. The Bertz CT molecular complexity index is 573. The summed E-state index contributed by atoms with van der Waals surface area (Å²) in [7, 11) is 0. The number of hydrogen-bond acceptors (Lipinski definition) is 6. The van der Waals surface area contributed by atoms with Crippen LogP contribution in [0.3, 0.4) is 0 Å². The third-order valence-corrected chi connectivity index (χ3v) is 5.15. The predicted octanol–water partition coefficient (Wildman–Crippen LogP) is 2.77. The van der Waals surface area contributed by atoms with E-state index < -0.39 is 34.2 Å². The molecule has 1 aliphatic heterocycles. The Labute approximate surface area is 143 Å². The summed E-state index contributed by atoms with van der Waals surface area (Å²) in [6.07, 6.45) is 1.70. The van der Waals surface area contributed by atoms with Crippen LogP contribution in [-0.2, 0) is 28.6 Å². The second-order valence-corrected chi connectivity index (χ2v) is 8.86. The molecule has 24 heavy (non-hydrogen) atoms. The Morgan fingerprint density at radius 1 is 1.12 bits per heavy atom. The van der Waals surface area contributed by atoms with Crippen molar-refractivity contribution < 1.29 is 28.6 Å². The van der Waals surface area contributed by atoms with Gasteiger partial charge in [-0.15, -0.1) is 0 Å². The lowest BCUT2D eigenvalue weighted by Crippen LogP contribution is -2.57. The standard InChI is InChI=1S/C18H28O6/c1-15(2,3)13(20)23-16(4,5)14(21)24-17(6)9-8-11-10-18(17,7)22-12(11)19/h11H,8-10H2,1-7H3. The smallest absolute Gasteiger partial charge is 0.350 e. The van der Waals surface area contributed by atoms with Gasteiger partial charge in [-0.05, 0) is 61.3 Å². The lowest BCUT2D eigenvalue weighted by molar-refractivity contribution is -0.215. The molecule has 0 amide bonds. The molecule has 136 valence electrons. The van der Waals surface area contributed by atoms with Gasteiger partial charge in [0.1, 0.15) is 11.2 Å². The molecule has 3 atom stereocenters. The van der Waals surface area contributed by atoms with Crippen LogP contribution in [0.2, 0.25) is 0 Å². The van der Waals surface area contributed by atoms with Gasteiger partial charge < -0.3 is 14.2 Å². The molecule has 0 aromatic heterocycles. The number of esters is 3. The summed E-state index contributed by atoms with van der Waals surface area (Å²) >= 11 is 0. The molecule has 0 spiro atoms. The van der Waals surface area contributed by atoms with E-state index in [9.17, 15) is 14.4 Å². The highest BCUT2D eigenvalue weighted by atomic mass is 16.6. The molecule has 2 fully saturated rings. The van der Waals surface area contributed by atoms with Crippen LogP contribution in [0.5, 0.6) is 0 Å². The second-order valence-electron chi connectivity index (χ2n) is 8.86. The number of fused-ring (bicyclic) bond motifs is 2. The minimum Gasteiger partial charge on any atom is -0.455 e. The Hall–Kier alpha value is -1.59. The molecule has 2 rings (SSSR count). The van der Waals surface area contributed by atoms with Crippen molar-refractivity contribution in [1.82, 2.24) is 0 Å². The molecule has 1 saturated heterocycles. The molecule has 0 aromatic carbocycles. The zero-order valence-electron chi connectivity index (χ0n) is 15.6. The minimum atomic E-state index is -1.41. The van der Waals surface area contributed by atoms with Gasteiger partial charge in [0.05, 0.1) is 11.3 Å². The van der Waals surface area contributed by atoms with Crippen molar-refractivity contribution in [2.75, 3.05) is 0 Å². The molecular formula is C18H28O6. The van der Waals surface area contributed by atoms with Crippen LogP contribution in [0.1, 0.15) is 67.7 Å². The molecule has 1 saturated carbocycles. The van der Waals surface area contributed by atoms with Crippen LogP contribution >= 0.6 is 0 Å². The summed E-state index contributed by atoms with van der Waals surface area (Å²) in [5.74, 6) is -1.45. The maximum Gasteiger partial charge on any atom is 0.350 e. The van der Waals surface area contributed by atoms with E-state index in [1.54, 1.807) is 34.6 Å². The van der Waals surface area contributed by atoms with Gasteiger partial charge in [0.15, 0.2) is 0 Å². The summed E-state index contributed by atoms with van der Waals surface area (Å²) in [5, 5.41) is 0. The van der Waals surface area contributed by atoms with Crippen LogP contribution < -0.4 is 0 Å². The van der Waals surface area contributed by atoms with E-state index >= 15 is 0 Å². The van der Waals surface area contributed by atoms with Crippen molar-refractivity contribution >= 4 is 17.9 Å².